The molecule has 2 N–H and O–H groups in total. The van der Waals surface area contributed by atoms with E-state index in [1.165, 1.54) is 89.2 Å². The van der Waals surface area contributed by atoms with Crippen LogP contribution in [0.5, 0.6) is 0 Å². The molecule has 1 amide bonds. The Morgan fingerprint density at radius 1 is 0.583 bits per heavy atom. The number of hydrogen-bond donors (Lipinski definition) is 2. The molecule has 4 rings (SSSR count). The first-order valence-corrected chi connectivity index (χ1v) is 22.2. The maximum absolute atomic E-state index is 12.6. The van der Waals surface area contributed by atoms with E-state index in [9.17, 15) is 14.4 Å². The second-order valence-corrected chi connectivity index (χ2v) is 16.3. The van der Waals surface area contributed by atoms with Crippen molar-refractivity contribution in [1.29, 1.82) is 0 Å². The fourth-order valence-corrected chi connectivity index (χ4v) is 6.81. The fourth-order valence-electron chi connectivity index (χ4n) is 6.81. The summed E-state index contributed by atoms with van der Waals surface area (Å²) in [5, 5.41) is 3.03. The van der Waals surface area contributed by atoms with Gasteiger partial charge in [0.25, 0.3) is 0 Å². The highest BCUT2D eigenvalue weighted by Gasteiger charge is 2.17. The molecule has 0 fully saturated rings. The highest BCUT2D eigenvalue weighted by molar-refractivity contribution is 5.92. The van der Waals surface area contributed by atoms with Crippen molar-refractivity contribution in [3.8, 4) is 33.9 Å². The lowest BCUT2D eigenvalue weighted by molar-refractivity contribution is -0.148. The molecule has 1 heterocycles. The lowest BCUT2D eigenvalue weighted by Crippen LogP contribution is -2.22. The van der Waals surface area contributed by atoms with E-state index < -0.39 is 11.6 Å². The Hall–Kier alpha value is -5.50. The minimum absolute atomic E-state index is 0.0824. The normalized spacial score (nSPS) is 11.8. The monoisotopic (exact) mass is 814 g/mol. The second-order valence-electron chi connectivity index (χ2n) is 16.3. The van der Waals surface area contributed by atoms with E-state index in [-0.39, 0.29) is 11.9 Å². The fraction of sp³-hybridized carbons (Fsp3) is 0.423. The number of carbonyl (C=O) groups excluding carboxylic acids is 3. The highest BCUT2D eigenvalue weighted by atomic mass is 16.6. The number of benzene rings is 3. The molecule has 0 saturated carbocycles. The van der Waals surface area contributed by atoms with Crippen LogP contribution in [0.15, 0.2) is 91.0 Å². The van der Waals surface area contributed by atoms with E-state index in [0.29, 0.717) is 19.0 Å². The van der Waals surface area contributed by atoms with Gasteiger partial charge in [-0.15, -0.1) is 0 Å². The highest BCUT2D eigenvalue weighted by Crippen LogP contribution is 2.34. The number of nitrogens with zero attached hydrogens (tertiary/aromatic N) is 1. The number of ether oxygens (including phenoxy) is 2. The summed E-state index contributed by atoms with van der Waals surface area (Å²) < 4.78 is 10.4. The molecule has 0 bridgehead atoms. The van der Waals surface area contributed by atoms with E-state index in [2.05, 4.69) is 17.2 Å². The molecule has 3 aromatic carbocycles. The first kappa shape index (κ1) is 47.2. The van der Waals surface area contributed by atoms with Crippen molar-refractivity contribution in [2.45, 2.75) is 130 Å². The summed E-state index contributed by atoms with van der Waals surface area (Å²) in [5.41, 5.74) is 6.40. The topological polar surface area (TPSA) is 110 Å². The summed E-state index contributed by atoms with van der Waals surface area (Å²) in [4.78, 5) is 45.2. The maximum atomic E-state index is 12.6. The van der Waals surface area contributed by atoms with Crippen molar-refractivity contribution >= 4 is 36.1 Å². The third-order valence-corrected chi connectivity index (χ3v) is 10.0. The number of nitrogens with one attached hydrogen (secondary N) is 2. The van der Waals surface area contributed by atoms with E-state index in [1.807, 2.05) is 99.6 Å². The quantitative estimate of drug-likeness (QED) is 0.0392. The lowest BCUT2D eigenvalue weighted by Gasteiger charge is -2.17. The zero-order valence-corrected chi connectivity index (χ0v) is 36.7. The first-order chi connectivity index (χ1) is 29.0. The molecule has 1 aromatic heterocycles. The van der Waals surface area contributed by atoms with Crippen LogP contribution in [0.2, 0.25) is 0 Å². The predicted octanol–water partition coefficient (Wildman–Crippen LogP) is 13.0. The molecule has 320 valence electrons. The van der Waals surface area contributed by atoms with Crippen LogP contribution < -0.4 is 5.32 Å². The van der Waals surface area contributed by atoms with Crippen molar-refractivity contribution in [2.24, 2.45) is 0 Å². The van der Waals surface area contributed by atoms with Gasteiger partial charge < -0.3 is 19.8 Å². The molecule has 0 aliphatic rings. The molecule has 60 heavy (non-hydrogen) atoms. The van der Waals surface area contributed by atoms with Crippen LogP contribution >= 0.6 is 0 Å². The van der Waals surface area contributed by atoms with Crippen molar-refractivity contribution in [3.05, 3.63) is 108 Å². The molecule has 0 atom stereocenters. The lowest BCUT2D eigenvalue weighted by atomic mass is 10.0. The predicted molar refractivity (Wildman–Crippen MR) is 248 cm³/mol. The Labute approximate surface area is 359 Å². The zero-order chi connectivity index (χ0) is 43.0. The van der Waals surface area contributed by atoms with Gasteiger partial charge in [0.2, 0.25) is 5.91 Å². The molecular formula is C52H67N3O5. The van der Waals surface area contributed by atoms with E-state index in [1.54, 1.807) is 25.2 Å². The number of esters is 2. The molecule has 4 aromatic rings. The van der Waals surface area contributed by atoms with Gasteiger partial charge in [0.1, 0.15) is 11.4 Å². The Bertz CT molecular complexity index is 1980. The Kier molecular flexibility index (Phi) is 20.3. The first-order valence-electron chi connectivity index (χ1n) is 22.2. The van der Waals surface area contributed by atoms with Crippen molar-refractivity contribution in [1.82, 2.24) is 15.3 Å². The van der Waals surface area contributed by atoms with E-state index >= 15 is 0 Å². The standard InChI is InChI=1S/C52H67N3O5/c1-6-8-9-10-11-12-13-14-15-16-17-18-19-20-39-53-46(56)36-27-40-21-30-43(31-22-40)49-50(44-32-23-41(24-33-44)29-38-48(58)60-52(3,4)5)55-51(54-49)45-34-25-42(26-35-45)28-37-47(57)59-7-2/h21-38H,6-20,39H2,1-5H3,(H,53,56)(H,54,55). The molecule has 8 heteroatoms. The number of aromatic amines is 1. The Morgan fingerprint density at radius 2 is 1.03 bits per heavy atom. The van der Waals surface area contributed by atoms with Gasteiger partial charge in [0.05, 0.1) is 18.0 Å². The van der Waals surface area contributed by atoms with Crippen LogP contribution in [0.1, 0.15) is 141 Å². The van der Waals surface area contributed by atoms with E-state index in [4.69, 9.17) is 14.5 Å². The van der Waals surface area contributed by atoms with Gasteiger partial charge in [0.15, 0.2) is 0 Å². The smallest absolute Gasteiger partial charge is 0.331 e. The summed E-state index contributed by atoms with van der Waals surface area (Å²) in [6, 6.07) is 23.6. The van der Waals surface area contributed by atoms with Gasteiger partial charge in [-0.3, -0.25) is 4.79 Å². The van der Waals surface area contributed by atoms with Gasteiger partial charge in [-0.2, -0.15) is 0 Å². The number of carbonyl (C=O) groups is 3. The Morgan fingerprint density at radius 3 is 1.53 bits per heavy atom. The molecule has 0 saturated heterocycles. The number of aromatic nitrogens is 2. The van der Waals surface area contributed by atoms with Gasteiger partial charge >= 0.3 is 11.9 Å². The summed E-state index contributed by atoms with van der Waals surface area (Å²) in [6.45, 7) is 10.6. The summed E-state index contributed by atoms with van der Waals surface area (Å²) >= 11 is 0. The second kappa shape index (κ2) is 25.9. The van der Waals surface area contributed by atoms with Crippen LogP contribution in [0.3, 0.4) is 0 Å². The van der Waals surface area contributed by atoms with Crippen LogP contribution in [0, 0.1) is 0 Å². The number of imidazole rings is 1. The molecule has 0 aliphatic carbocycles. The largest absolute Gasteiger partial charge is 0.463 e. The molecule has 8 nitrogen and oxygen atoms in total. The van der Waals surface area contributed by atoms with Crippen LogP contribution in [0.25, 0.3) is 52.1 Å². The Balaban J connectivity index is 1.35. The van der Waals surface area contributed by atoms with Crippen LogP contribution in [0.4, 0.5) is 0 Å². The number of unbranched alkanes of at least 4 members (excludes halogenated alkanes) is 13. The number of rotatable bonds is 25. The minimum Gasteiger partial charge on any atom is -0.463 e. The third-order valence-electron chi connectivity index (χ3n) is 10.0. The maximum Gasteiger partial charge on any atom is 0.331 e. The average Bonchev–Trinajstić information content (AvgIpc) is 3.68. The molecule has 0 spiro atoms. The third kappa shape index (κ3) is 17.8. The number of hydrogen-bond acceptors (Lipinski definition) is 6. The minimum atomic E-state index is -0.562. The van der Waals surface area contributed by atoms with E-state index in [0.717, 1.165) is 57.6 Å². The zero-order valence-electron chi connectivity index (χ0n) is 36.7. The molecule has 0 radical (unpaired) electrons. The average molecular weight is 814 g/mol. The number of amides is 1. The molecular weight excluding hydrogens is 747 g/mol. The number of H-pyrrole nitrogens is 1. The van der Waals surface area contributed by atoms with Gasteiger partial charge in [-0.1, -0.05) is 163 Å². The van der Waals surface area contributed by atoms with Crippen molar-refractivity contribution in [2.75, 3.05) is 13.2 Å². The summed E-state index contributed by atoms with van der Waals surface area (Å²) in [6.07, 6.45) is 28.1. The van der Waals surface area contributed by atoms with Gasteiger partial charge in [0, 0.05) is 41.5 Å². The van der Waals surface area contributed by atoms with Crippen molar-refractivity contribution < 1.29 is 23.9 Å². The molecule has 0 unspecified atom stereocenters. The van der Waals surface area contributed by atoms with Crippen molar-refractivity contribution in [3.63, 3.8) is 0 Å². The van der Waals surface area contributed by atoms with Crippen LogP contribution in [-0.2, 0) is 23.9 Å². The van der Waals surface area contributed by atoms with Gasteiger partial charge in [-0.25, -0.2) is 14.6 Å². The summed E-state index contributed by atoms with van der Waals surface area (Å²) in [7, 11) is 0. The van der Waals surface area contributed by atoms with Gasteiger partial charge in [-0.05, 0) is 69.0 Å². The van der Waals surface area contributed by atoms with Crippen LogP contribution in [-0.4, -0.2) is 46.6 Å². The summed E-state index contributed by atoms with van der Waals surface area (Å²) in [5.74, 6) is -0.170. The SMILES string of the molecule is CCCCCCCCCCCCCCCCNC(=O)C=Cc1ccc(-c2[nH]c(-c3ccc(C=CC(=O)OCC)cc3)nc2-c2ccc(C=CC(=O)OC(C)(C)C)cc2)cc1. The molecule has 0 aliphatic heterocycles.